The van der Waals surface area contributed by atoms with Crippen molar-refractivity contribution in [2.24, 2.45) is 0 Å². The third-order valence-corrected chi connectivity index (χ3v) is 8.65. The number of aryl methyl sites for hydroxylation is 2. The normalized spacial score (nSPS) is 12.8. The van der Waals surface area contributed by atoms with Gasteiger partial charge in [0, 0.05) is 12.6 Å². The first-order valence-electron chi connectivity index (χ1n) is 13.5. The van der Waals surface area contributed by atoms with E-state index in [4.69, 9.17) is 0 Å². The SMILES string of the molecule is CC[C@@H](C)NC(=O)[C@@H](CC)N(Cc1ccc(C)cc1)C(=O)CN(c1ccc(F)cc1)S(=O)(=O)c1ccc(C)cc1. The molecular weight excluding hydrogens is 529 g/mol. The van der Waals surface area contributed by atoms with Gasteiger partial charge in [-0.05, 0) is 75.6 Å². The van der Waals surface area contributed by atoms with E-state index in [-0.39, 0.29) is 29.1 Å². The lowest BCUT2D eigenvalue weighted by atomic mass is 10.1. The Hall–Kier alpha value is -3.72. The van der Waals surface area contributed by atoms with Crippen LogP contribution >= 0.6 is 0 Å². The zero-order valence-electron chi connectivity index (χ0n) is 23.7. The number of benzene rings is 3. The van der Waals surface area contributed by atoms with Crippen LogP contribution in [0.3, 0.4) is 0 Å². The van der Waals surface area contributed by atoms with E-state index < -0.39 is 34.3 Å². The number of carbonyl (C=O) groups is 2. The van der Waals surface area contributed by atoms with Crippen LogP contribution in [0.1, 0.15) is 50.3 Å². The van der Waals surface area contributed by atoms with E-state index in [0.29, 0.717) is 6.42 Å². The molecule has 2 atom stereocenters. The fourth-order valence-corrected chi connectivity index (χ4v) is 5.64. The van der Waals surface area contributed by atoms with Crippen LogP contribution in [0.2, 0.25) is 0 Å². The molecule has 0 spiro atoms. The molecule has 0 unspecified atom stereocenters. The molecule has 3 aromatic carbocycles. The Kier molecular flexibility index (Phi) is 10.5. The molecule has 2 amide bonds. The van der Waals surface area contributed by atoms with E-state index in [1.165, 1.54) is 29.2 Å². The second kappa shape index (κ2) is 13.6. The number of hydrogen-bond acceptors (Lipinski definition) is 4. The number of rotatable bonds is 12. The lowest BCUT2D eigenvalue weighted by Gasteiger charge is -2.33. The number of halogens is 1. The molecule has 214 valence electrons. The van der Waals surface area contributed by atoms with Crippen LogP contribution < -0.4 is 9.62 Å². The Bertz CT molecular complexity index is 1390. The summed E-state index contributed by atoms with van der Waals surface area (Å²) in [5.41, 5.74) is 2.88. The minimum atomic E-state index is -4.20. The van der Waals surface area contributed by atoms with Gasteiger partial charge < -0.3 is 10.2 Å². The molecule has 9 heteroatoms. The summed E-state index contributed by atoms with van der Waals surface area (Å²) >= 11 is 0. The predicted molar refractivity (Wildman–Crippen MR) is 156 cm³/mol. The van der Waals surface area contributed by atoms with Gasteiger partial charge in [0.2, 0.25) is 11.8 Å². The largest absolute Gasteiger partial charge is 0.352 e. The Morgan fingerprint density at radius 3 is 1.93 bits per heavy atom. The summed E-state index contributed by atoms with van der Waals surface area (Å²) in [6.45, 7) is 9.01. The van der Waals surface area contributed by atoms with E-state index >= 15 is 0 Å². The van der Waals surface area contributed by atoms with Crippen LogP contribution in [0, 0.1) is 19.7 Å². The van der Waals surface area contributed by atoms with Crippen LogP contribution in [-0.4, -0.2) is 43.8 Å². The van der Waals surface area contributed by atoms with Crippen molar-refractivity contribution in [3.05, 3.63) is 95.3 Å². The molecule has 3 aromatic rings. The highest BCUT2D eigenvalue weighted by atomic mass is 32.2. The fraction of sp³-hybridized carbons (Fsp3) is 0.355. The lowest BCUT2D eigenvalue weighted by molar-refractivity contribution is -0.140. The van der Waals surface area contributed by atoms with Crippen LogP contribution in [-0.2, 0) is 26.2 Å². The topological polar surface area (TPSA) is 86.8 Å². The molecule has 1 N–H and O–H groups in total. The van der Waals surface area contributed by atoms with Crippen molar-refractivity contribution in [3.63, 3.8) is 0 Å². The summed E-state index contributed by atoms with van der Waals surface area (Å²) in [6.07, 6.45) is 1.06. The Morgan fingerprint density at radius 2 is 1.40 bits per heavy atom. The smallest absolute Gasteiger partial charge is 0.264 e. The molecule has 0 radical (unpaired) electrons. The monoisotopic (exact) mass is 567 g/mol. The van der Waals surface area contributed by atoms with E-state index in [2.05, 4.69) is 5.32 Å². The summed E-state index contributed by atoms with van der Waals surface area (Å²) in [6, 6.07) is 18.0. The molecule has 0 saturated heterocycles. The molecular formula is C31H38FN3O4S. The van der Waals surface area contributed by atoms with Gasteiger partial charge in [-0.15, -0.1) is 0 Å². The quantitative estimate of drug-likeness (QED) is 0.319. The van der Waals surface area contributed by atoms with Gasteiger partial charge in [-0.2, -0.15) is 0 Å². The summed E-state index contributed by atoms with van der Waals surface area (Å²) in [5.74, 6) is -1.38. The molecule has 7 nitrogen and oxygen atoms in total. The highest BCUT2D eigenvalue weighted by Gasteiger charge is 2.34. The minimum absolute atomic E-state index is 0.00173. The molecule has 0 heterocycles. The third kappa shape index (κ3) is 7.69. The summed E-state index contributed by atoms with van der Waals surface area (Å²) in [4.78, 5) is 28.8. The lowest BCUT2D eigenvalue weighted by Crippen LogP contribution is -2.53. The van der Waals surface area contributed by atoms with E-state index in [9.17, 15) is 22.4 Å². The number of anilines is 1. The van der Waals surface area contributed by atoms with Gasteiger partial charge in [-0.25, -0.2) is 12.8 Å². The van der Waals surface area contributed by atoms with Crippen LogP contribution in [0.25, 0.3) is 0 Å². The number of carbonyl (C=O) groups excluding carboxylic acids is 2. The predicted octanol–water partition coefficient (Wildman–Crippen LogP) is 5.36. The molecule has 0 aliphatic rings. The summed E-state index contributed by atoms with van der Waals surface area (Å²) < 4.78 is 42.4. The fourth-order valence-electron chi connectivity index (χ4n) is 4.22. The van der Waals surface area contributed by atoms with Crippen molar-refractivity contribution in [3.8, 4) is 0 Å². The summed E-state index contributed by atoms with van der Waals surface area (Å²) in [5, 5.41) is 2.96. The van der Waals surface area contributed by atoms with Gasteiger partial charge in [0.25, 0.3) is 10.0 Å². The molecule has 3 rings (SSSR count). The highest BCUT2D eigenvalue weighted by molar-refractivity contribution is 7.92. The first-order valence-corrected chi connectivity index (χ1v) is 14.9. The van der Waals surface area contributed by atoms with Crippen LogP contribution in [0.4, 0.5) is 10.1 Å². The van der Waals surface area contributed by atoms with Crippen molar-refractivity contribution in [2.75, 3.05) is 10.8 Å². The van der Waals surface area contributed by atoms with Gasteiger partial charge in [0.15, 0.2) is 0 Å². The van der Waals surface area contributed by atoms with Gasteiger partial charge in [-0.1, -0.05) is 61.4 Å². The molecule has 0 aliphatic heterocycles. The Morgan fingerprint density at radius 1 is 0.850 bits per heavy atom. The van der Waals surface area contributed by atoms with Gasteiger partial charge in [0.1, 0.15) is 18.4 Å². The average molecular weight is 568 g/mol. The Balaban J connectivity index is 2.04. The van der Waals surface area contributed by atoms with E-state index in [1.807, 2.05) is 58.9 Å². The first-order chi connectivity index (χ1) is 19.0. The van der Waals surface area contributed by atoms with Crippen LogP contribution in [0.15, 0.2) is 77.7 Å². The highest BCUT2D eigenvalue weighted by Crippen LogP contribution is 2.25. The zero-order chi connectivity index (χ0) is 29.4. The standard InChI is InChI=1S/C31H38FN3O4S/c1-6-24(5)33-31(37)29(7-2)34(20-25-12-8-22(3)9-13-25)30(36)21-35(27-16-14-26(32)15-17-27)40(38,39)28-18-10-23(4)11-19-28/h8-19,24,29H,6-7,20-21H2,1-5H3,(H,33,37)/t24-,29-/m1/s1. The van der Waals surface area contributed by atoms with Crippen molar-refractivity contribution >= 4 is 27.5 Å². The molecule has 0 aromatic heterocycles. The zero-order valence-corrected chi connectivity index (χ0v) is 24.5. The van der Waals surface area contributed by atoms with Crippen molar-refractivity contribution < 1.29 is 22.4 Å². The molecule has 0 bridgehead atoms. The van der Waals surface area contributed by atoms with Crippen LogP contribution in [0.5, 0.6) is 0 Å². The first kappa shape index (κ1) is 30.8. The number of hydrogen-bond donors (Lipinski definition) is 1. The van der Waals surface area contributed by atoms with Gasteiger partial charge in [-0.3, -0.25) is 13.9 Å². The van der Waals surface area contributed by atoms with Crippen molar-refractivity contribution in [1.29, 1.82) is 0 Å². The maximum Gasteiger partial charge on any atom is 0.264 e. The van der Waals surface area contributed by atoms with Gasteiger partial charge in [0.05, 0.1) is 10.6 Å². The number of sulfonamides is 1. The number of amides is 2. The maximum absolute atomic E-state index is 14.0. The number of nitrogens with one attached hydrogen (secondary N) is 1. The maximum atomic E-state index is 14.0. The van der Waals surface area contributed by atoms with Gasteiger partial charge >= 0.3 is 0 Å². The third-order valence-electron chi connectivity index (χ3n) is 6.86. The van der Waals surface area contributed by atoms with E-state index in [0.717, 1.165) is 39.5 Å². The van der Waals surface area contributed by atoms with Crippen molar-refractivity contribution in [1.82, 2.24) is 10.2 Å². The average Bonchev–Trinajstić information content (AvgIpc) is 2.93. The molecule has 0 fully saturated rings. The molecule has 0 saturated carbocycles. The second-order valence-electron chi connectivity index (χ2n) is 10.1. The van der Waals surface area contributed by atoms with Crippen molar-refractivity contribution in [2.45, 2.75) is 71.0 Å². The Labute approximate surface area is 237 Å². The summed E-state index contributed by atoms with van der Waals surface area (Å²) in [7, 11) is -4.20. The van der Waals surface area contributed by atoms with E-state index in [1.54, 1.807) is 12.1 Å². The molecule has 0 aliphatic carbocycles. The second-order valence-corrected chi connectivity index (χ2v) is 11.9. The minimum Gasteiger partial charge on any atom is -0.352 e. The molecule has 40 heavy (non-hydrogen) atoms. The number of nitrogens with zero attached hydrogens (tertiary/aromatic N) is 2.